The Labute approximate surface area is 151 Å². The van der Waals surface area contributed by atoms with Crippen LogP contribution in [-0.2, 0) is 14.3 Å². The van der Waals surface area contributed by atoms with Crippen LogP contribution in [0.4, 0.5) is 5.69 Å². The summed E-state index contributed by atoms with van der Waals surface area (Å²) in [6.07, 6.45) is 1.72. The number of nitrogens with zero attached hydrogens (tertiary/aromatic N) is 2. The van der Waals surface area contributed by atoms with Crippen molar-refractivity contribution in [1.82, 2.24) is 0 Å². The molecule has 132 valence electrons. The Morgan fingerprint density at radius 2 is 1.81 bits per heavy atom. The van der Waals surface area contributed by atoms with E-state index in [0.717, 1.165) is 0 Å². The molecule has 0 spiro atoms. The van der Waals surface area contributed by atoms with E-state index in [1.165, 1.54) is 12.1 Å². The van der Waals surface area contributed by atoms with Gasteiger partial charge in [-0.1, -0.05) is 36.4 Å². The van der Waals surface area contributed by atoms with Gasteiger partial charge in [-0.15, -0.1) is 0 Å². The van der Waals surface area contributed by atoms with E-state index in [9.17, 15) is 9.59 Å². The molecule has 0 saturated heterocycles. The third-order valence-corrected chi connectivity index (χ3v) is 3.86. The fourth-order valence-electron chi connectivity index (χ4n) is 2.51. The van der Waals surface area contributed by atoms with Crippen LogP contribution in [-0.4, -0.2) is 31.3 Å². The highest BCUT2D eigenvalue weighted by molar-refractivity contribution is 6.32. The van der Waals surface area contributed by atoms with Crippen molar-refractivity contribution in [3.05, 3.63) is 65.7 Å². The molecule has 1 heterocycles. The Hall–Kier alpha value is -3.41. The molecule has 2 aromatic rings. The van der Waals surface area contributed by atoms with Gasteiger partial charge in [-0.3, -0.25) is 4.79 Å². The molecule has 6 heteroatoms. The normalized spacial score (nSPS) is 15.2. The summed E-state index contributed by atoms with van der Waals surface area (Å²) in [5.74, 6) is -0.196. The van der Waals surface area contributed by atoms with Crippen LogP contribution in [0.1, 0.15) is 12.5 Å². The van der Waals surface area contributed by atoms with E-state index in [1.807, 2.05) is 42.5 Å². The first-order valence-corrected chi connectivity index (χ1v) is 8.05. The largest absolute Gasteiger partial charge is 0.481 e. The molecular weight excluding hydrogens is 332 g/mol. The Morgan fingerprint density at radius 3 is 2.54 bits per heavy atom. The molecule has 1 amide bonds. The van der Waals surface area contributed by atoms with Crippen LogP contribution >= 0.6 is 0 Å². The van der Waals surface area contributed by atoms with E-state index in [0.29, 0.717) is 28.3 Å². The summed E-state index contributed by atoms with van der Waals surface area (Å²) >= 11 is 0. The summed E-state index contributed by atoms with van der Waals surface area (Å²) in [5, 5.41) is 5.73. The lowest BCUT2D eigenvalue weighted by Gasteiger charge is -2.11. The molecule has 1 aliphatic rings. The molecule has 0 aromatic heterocycles. The van der Waals surface area contributed by atoms with Crippen LogP contribution in [0, 0.1) is 0 Å². The van der Waals surface area contributed by atoms with Gasteiger partial charge in [0.15, 0.2) is 6.61 Å². The molecule has 3 rings (SSSR count). The van der Waals surface area contributed by atoms with Gasteiger partial charge >= 0.3 is 5.97 Å². The smallest absolute Gasteiger partial charge is 0.343 e. The van der Waals surface area contributed by atoms with E-state index in [2.05, 4.69) is 9.84 Å². The molecule has 1 aliphatic heterocycles. The van der Waals surface area contributed by atoms with Gasteiger partial charge in [0.05, 0.1) is 24.1 Å². The third-order valence-electron chi connectivity index (χ3n) is 3.86. The van der Waals surface area contributed by atoms with Crippen molar-refractivity contribution in [2.75, 3.05) is 18.7 Å². The van der Waals surface area contributed by atoms with Crippen LogP contribution in [0.3, 0.4) is 0 Å². The number of methoxy groups -OCH3 is 1. The highest BCUT2D eigenvalue weighted by atomic mass is 16.6. The van der Waals surface area contributed by atoms with Crippen molar-refractivity contribution >= 4 is 29.4 Å². The highest BCUT2D eigenvalue weighted by Gasteiger charge is 2.28. The molecule has 0 radical (unpaired) electrons. The summed E-state index contributed by atoms with van der Waals surface area (Å²) in [6.45, 7) is 1.58. The Kier molecular flexibility index (Phi) is 5.12. The van der Waals surface area contributed by atoms with Crippen LogP contribution in [0.5, 0.6) is 5.75 Å². The maximum Gasteiger partial charge on any atom is 0.343 e. The lowest BCUT2D eigenvalue weighted by molar-refractivity contribution is -0.142. The van der Waals surface area contributed by atoms with Crippen LogP contribution in [0.2, 0.25) is 0 Å². The molecule has 0 saturated carbocycles. The summed E-state index contributed by atoms with van der Waals surface area (Å²) in [6, 6.07) is 16.4. The number of carbonyl (C=O) groups is 2. The monoisotopic (exact) mass is 350 g/mol. The number of ether oxygens (including phenoxy) is 2. The minimum Gasteiger partial charge on any atom is -0.481 e. The van der Waals surface area contributed by atoms with E-state index in [4.69, 9.17) is 4.74 Å². The van der Waals surface area contributed by atoms with Crippen LogP contribution in [0.25, 0.3) is 6.08 Å². The van der Waals surface area contributed by atoms with Gasteiger partial charge in [0.1, 0.15) is 5.75 Å². The third kappa shape index (κ3) is 3.64. The number of benzene rings is 2. The van der Waals surface area contributed by atoms with Gasteiger partial charge in [-0.25, -0.2) is 4.79 Å². The highest BCUT2D eigenvalue weighted by Crippen LogP contribution is 2.27. The van der Waals surface area contributed by atoms with Crippen molar-refractivity contribution < 1.29 is 19.1 Å². The van der Waals surface area contributed by atoms with E-state index in [1.54, 1.807) is 25.1 Å². The molecule has 0 aliphatic carbocycles. The minimum absolute atomic E-state index is 0.201. The van der Waals surface area contributed by atoms with Gasteiger partial charge in [0.2, 0.25) is 0 Å². The van der Waals surface area contributed by atoms with Gasteiger partial charge in [-0.2, -0.15) is 10.1 Å². The average molecular weight is 350 g/mol. The molecule has 0 N–H and O–H groups in total. The second-order valence-corrected chi connectivity index (χ2v) is 5.60. The standard InChI is InChI=1S/C20H18N2O4/c1-14-17(20(24)22(21-14)16-9-4-3-5-10-16)12-15-8-6-7-11-18(15)26-13-19(23)25-2/h3-12H,13H2,1-2H3/b17-12-. The summed E-state index contributed by atoms with van der Waals surface area (Å²) < 4.78 is 10.1. The van der Waals surface area contributed by atoms with E-state index in [-0.39, 0.29) is 12.5 Å². The fourth-order valence-corrected chi connectivity index (χ4v) is 2.51. The van der Waals surface area contributed by atoms with Gasteiger partial charge in [-0.05, 0) is 31.2 Å². The molecule has 6 nitrogen and oxygen atoms in total. The molecule has 0 unspecified atom stereocenters. The fraction of sp³-hybridized carbons (Fsp3) is 0.150. The topological polar surface area (TPSA) is 68.2 Å². The molecule has 0 bridgehead atoms. The van der Waals surface area contributed by atoms with Crippen molar-refractivity contribution in [2.24, 2.45) is 5.10 Å². The summed E-state index contributed by atoms with van der Waals surface area (Å²) in [5.41, 5.74) is 2.48. The number of para-hydroxylation sites is 2. The number of carbonyl (C=O) groups excluding carboxylic acids is 2. The molecule has 0 atom stereocenters. The van der Waals surface area contributed by atoms with Crippen molar-refractivity contribution in [3.63, 3.8) is 0 Å². The minimum atomic E-state index is -0.475. The van der Waals surface area contributed by atoms with Crippen molar-refractivity contribution in [2.45, 2.75) is 6.92 Å². The predicted octanol–water partition coefficient (Wildman–Crippen LogP) is 3.04. The lowest BCUT2D eigenvalue weighted by Crippen LogP contribution is -2.21. The first-order chi connectivity index (χ1) is 12.6. The van der Waals surface area contributed by atoms with E-state index < -0.39 is 5.97 Å². The Balaban J connectivity index is 1.88. The van der Waals surface area contributed by atoms with Gasteiger partial charge in [0.25, 0.3) is 5.91 Å². The Morgan fingerprint density at radius 1 is 1.12 bits per heavy atom. The average Bonchev–Trinajstić information content (AvgIpc) is 2.96. The molecule has 26 heavy (non-hydrogen) atoms. The van der Waals surface area contributed by atoms with Gasteiger partial charge < -0.3 is 9.47 Å². The van der Waals surface area contributed by atoms with E-state index >= 15 is 0 Å². The zero-order chi connectivity index (χ0) is 18.5. The first-order valence-electron chi connectivity index (χ1n) is 8.05. The summed E-state index contributed by atoms with van der Waals surface area (Å²) in [4.78, 5) is 24.1. The number of hydrogen-bond donors (Lipinski definition) is 0. The van der Waals surface area contributed by atoms with Crippen molar-refractivity contribution in [3.8, 4) is 5.75 Å². The predicted molar refractivity (Wildman–Crippen MR) is 99.0 cm³/mol. The molecular formula is C20H18N2O4. The number of amides is 1. The molecule has 0 fully saturated rings. The maximum atomic E-state index is 12.8. The second-order valence-electron chi connectivity index (χ2n) is 5.60. The number of esters is 1. The maximum absolute atomic E-state index is 12.8. The number of hydrogen-bond acceptors (Lipinski definition) is 5. The first kappa shape index (κ1) is 17.4. The number of anilines is 1. The second kappa shape index (κ2) is 7.65. The molecule has 2 aromatic carbocycles. The zero-order valence-electron chi connectivity index (χ0n) is 14.5. The number of rotatable bonds is 5. The quantitative estimate of drug-likeness (QED) is 0.614. The van der Waals surface area contributed by atoms with Gasteiger partial charge in [0, 0.05) is 5.56 Å². The lowest BCUT2D eigenvalue weighted by atomic mass is 10.1. The zero-order valence-corrected chi connectivity index (χ0v) is 14.5. The SMILES string of the molecule is COC(=O)COc1ccccc1/C=C1\C(=O)N(c2ccccc2)N=C1C. The number of hydrazone groups is 1. The van der Waals surface area contributed by atoms with Crippen LogP contribution < -0.4 is 9.75 Å². The van der Waals surface area contributed by atoms with Crippen LogP contribution in [0.15, 0.2) is 65.3 Å². The Bertz CT molecular complexity index is 888. The summed E-state index contributed by atoms with van der Waals surface area (Å²) in [7, 11) is 1.30. The van der Waals surface area contributed by atoms with Crippen molar-refractivity contribution in [1.29, 1.82) is 0 Å².